The molecule has 2 aromatic heterocycles. The van der Waals surface area contributed by atoms with E-state index in [1.165, 1.54) is 0 Å². The predicted molar refractivity (Wildman–Crippen MR) is 108 cm³/mol. The maximum atomic E-state index is 6.04. The van der Waals surface area contributed by atoms with Crippen molar-refractivity contribution in [2.75, 3.05) is 0 Å². The number of halogens is 1. The van der Waals surface area contributed by atoms with Gasteiger partial charge in [-0.05, 0) is 24.3 Å². The molecule has 0 unspecified atom stereocenters. The highest BCUT2D eigenvalue weighted by Crippen LogP contribution is 2.33. The van der Waals surface area contributed by atoms with Gasteiger partial charge in [-0.15, -0.1) is 0 Å². The van der Waals surface area contributed by atoms with Gasteiger partial charge >= 0.3 is 0 Å². The Bertz CT molecular complexity index is 983. The molecule has 128 valence electrons. The number of hydrogen-bond acceptors (Lipinski definition) is 3. The Labute approximate surface area is 161 Å². The molecule has 0 spiro atoms. The van der Waals surface area contributed by atoms with Gasteiger partial charge in [-0.25, -0.2) is 4.98 Å². The standard InChI is InChI=1S/C21H16ClN3S/c22-17-11-9-16(10-12-17)20-19(15-6-2-1-3-7-15)24-21(25-20)26-14-18-8-4-5-13-23-18/h1-13H,14H2,(H,24,25). The van der Waals surface area contributed by atoms with Crippen LogP contribution in [-0.4, -0.2) is 15.0 Å². The van der Waals surface area contributed by atoms with E-state index in [0.717, 1.165) is 44.1 Å². The fourth-order valence-corrected chi connectivity index (χ4v) is 3.59. The third-order valence-electron chi connectivity index (χ3n) is 3.95. The van der Waals surface area contributed by atoms with Gasteiger partial charge in [0.1, 0.15) is 0 Å². The molecule has 4 rings (SSSR count). The predicted octanol–water partition coefficient (Wildman–Crippen LogP) is 6.08. The monoisotopic (exact) mass is 377 g/mol. The number of pyridine rings is 1. The number of aromatic nitrogens is 3. The first-order valence-corrected chi connectivity index (χ1v) is 9.60. The Morgan fingerprint density at radius 3 is 2.35 bits per heavy atom. The van der Waals surface area contributed by atoms with Gasteiger partial charge in [0.15, 0.2) is 5.16 Å². The molecule has 4 aromatic rings. The van der Waals surface area contributed by atoms with Crippen LogP contribution in [0.5, 0.6) is 0 Å². The summed E-state index contributed by atoms with van der Waals surface area (Å²) in [5.74, 6) is 0.767. The first-order chi connectivity index (χ1) is 12.8. The average Bonchev–Trinajstić information content (AvgIpc) is 3.13. The second-order valence-corrected chi connectivity index (χ2v) is 7.15. The summed E-state index contributed by atoms with van der Waals surface area (Å²) in [6.45, 7) is 0. The lowest BCUT2D eigenvalue weighted by Crippen LogP contribution is -1.85. The SMILES string of the molecule is Clc1ccc(-c2[nH]c(SCc3ccccn3)nc2-c2ccccc2)cc1. The molecule has 0 radical (unpaired) electrons. The largest absolute Gasteiger partial charge is 0.332 e. The number of rotatable bonds is 5. The highest BCUT2D eigenvalue weighted by atomic mass is 35.5. The van der Waals surface area contributed by atoms with E-state index in [1.54, 1.807) is 11.8 Å². The van der Waals surface area contributed by atoms with E-state index in [4.69, 9.17) is 16.6 Å². The van der Waals surface area contributed by atoms with Crippen molar-refractivity contribution in [3.05, 3.63) is 89.7 Å². The molecule has 0 amide bonds. The topological polar surface area (TPSA) is 41.6 Å². The van der Waals surface area contributed by atoms with Gasteiger partial charge in [0.05, 0.1) is 17.1 Å². The van der Waals surface area contributed by atoms with Gasteiger partial charge < -0.3 is 4.98 Å². The van der Waals surface area contributed by atoms with Crippen LogP contribution in [0, 0.1) is 0 Å². The molecule has 3 nitrogen and oxygen atoms in total. The van der Waals surface area contributed by atoms with Crippen LogP contribution in [0.25, 0.3) is 22.5 Å². The van der Waals surface area contributed by atoms with Gasteiger partial charge in [-0.3, -0.25) is 4.98 Å². The van der Waals surface area contributed by atoms with Crippen molar-refractivity contribution in [3.8, 4) is 22.5 Å². The molecule has 26 heavy (non-hydrogen) atoms. The first-order valence-electron chi connectivity index (χ1n) is 8.24. The summed E-state index contributed by atoms with van der Waals surface area (Å²) in [4.78, 5) is 12.7. The number of hydrogen-bond donors (Lipinski definition) is 1. The van der Waals surface area contributed by atoms with Gasteiger partial charge in [-0.2, -0.15) is 0 Å². The first kappa shape index (κ1) is 16.9. The van der Waals surface area contributed by atoms with E-state index in [1.807, 2.05) is 66.9 Å². The Morgan fingerprint density at radius 2 is 1.62 bits per heavy atom. The molecule has 0 bridgehead atoms. The van der Waals surface area contributed by atoms with Crippen LogP contribution in [0.15, 0.2) is 84.1 Å². The summed E-state index contributed by atoms with van der Waals surface area (Å²) < 4.78 is 0. The maximum Gasteiger partial charge on any atom is 0.166 e. The van der Waals surface area contributed by atoms with Gasteiger partial charge in [0.25, 0.3) is 0 Å². The molecule has 0 saturated carbocycles. The van der Waals surface area contributed by atoms with Crippen LogP contribution in [-0.2, 0) is 5.75 Å². The summed E-state index contributed by atoms with van der Waals surface area (Å²) in [6, 6.07) is 24.0. The normalized spacial score (nSPS) is 10.8. The van der Waals surface area contributed by atoms with Crippen LogP contribution in [0.3, 0.4) is 0 Å². The lowest BCUT2D eigenvalue weighted by Gasteiger charge is -2.03. The average molecular weight is 378 g/mol. The maximum absolute atomic E-state index is 6.04. The number of aromatic amines is 1. The van der Waals surface area contributed by atoms with Crippen LogP contribution in [0.4, 0.5) is 0 Å². The molecule has 0 aliphatic carbocycles. The minimum absolute atomic E-state index is 0.722. The fraction of sp³-hybridized carbons (Fsp3) is 0.0476. The number of imidazole rings is 1. The highest BCUT2D eigenvalue weighted by molar-refractivity contribution is 7.98. The fourth-order valence-electron chi connectivity index (χ4n) is 2.68. The highest BCUT2D eigenvalue weighted by Gasteiger charge is 2.14. The zero-order chi connectivity index (χ0) is 17.8. The molecule has 0 aliphatic rings. The van der Waals surface area contributed by atoms with Gasteiger partial charge in [-0.1, -0.05) is 71.9 Å². The van der Waals surface area contributed by atoms with Crippen molar-refractivity contribution in [1.29, 1.82) is 0 Å². The Balaban J connectivity index is 1.69. The molecule has 2 heterocycles. The molecule has 0 atom stereocenters. The third kappa shape index (κ3) is 3.82. The number of H-pyrrole nitrogens is 1. The second kappa shape index (κ2) is 7.77. The van der Waals surface area contributed by atoms with Crippen LogP contribution >= 0.6 is 23.4 Å². The summed E-state index contributed by atoms with van der Waals surface area (Å²) in [7, 11) is 0. The molecule has 0 saturated heterocycles. The smallest absolute Gasteiger partial charge is 0.166 e. The van der Waals surface area contributed by atoms with Crippen molar-refractivity contribution in [2.24, 2.45) is 0 Å². The van der Waals surface area contributed by atoms with Gasteiger partial charge in [0, 0.05) is 28.1 Å². The molecule has 0 aliphatic heterocycles. The van der Waals surface area contributed by atoms with Crippen LogP contribution < -0.4 is 0 Å². The van der Waals surface area contributed by atoms with Crippen molar-refractivity contribution in [2.45, 2.75) is 10.9 Å². The van der Waals surface area contributed by atoms with Crippen molar-refractivity contribution in [3.63, 3.8) is 0 Å². The van der Waals surface area contributed by atoms with Crippen molar-refractivity contribution >= 4 is 23.4 Å². The van der Waals surface area contributed by atoms with E-state index in [-0.39, 0.29) is 0 Å². The lowest BCUT2D eigenvalue weighted by molar-refractivity contribution is 1.05. The summed E-state index contributed by atoms with van der Waals surface area (Å²) in [5.41, 5.74) is 5.11. The Hall–Kier alpha value is -2.56. The zero-order valence-corrected chi connectivity index (χ0v) is 15.5. The minimum Gasteiger partial charge on any atom is -0.332 e. The number of nitrogens with zero attached hydrogens (tertiary/aromatic N) is 2. The van der Waals surface area contributed by atoms with Crippen molar-refractivity contribution < 1.29 is 0 Å². The Morgan fingerprint density at radius 1 is 0.846 bits per heavy atom. The quantitative estimate of drug-likeness (QED) is 0.428. The summed E-state index contributed by atoms with van der Waals surface area (Å²) >= 11 is 7.69. The molecular formula is C21H16ClN3S. The molecule has 1 N–H and O–H groups in total. The zero-order valence-electron chi connectivity index (χ0n) is 13.9. The van der Waals surface area contributed by atoms with E-state index in [2.05, 4.69) is 22.1 Å². The van der Waals surface area contributed by atoms with E-state index in [9.17, 15) is 0 Å². The summed E-state index contributed by atoms with van der Waals surface area (Å²) in [6.07, 6.45) is 1.81. The molecule has 0 fully saturated rings. The van der Waals surface area contributed by atoms with Crippen LogP contribution in [0.1, 0.15) is 5.69 Å². The minimum atomic E-state index is 0.722. The third-order valence-corrected chi connectivity index (χ3v) is 5.10. The molecule has 2 aromatic carbocycles. The number of benzene rings is 2. The van der Waals surface area contributed by atoms with E-state index >= 15 is 0 Å². The summed E-state index contributed by atoms with van der Waals surface area (Å²) in [5, 5.41) is 1.60. The lowest BCUT2D eigenvalue weighted by atomic mass is 10.1. The number of thioether (sulfide) groups is 1. The second-order valence-electron chi connectivity index (χ2n) is 5.75. The van der Waals surface area contributed by atoms with Crippen molar-refractivity contribution in [1.82, 2.24) is 15.0 Å². The van der Waals surface area contributed by atoms with Crippen LogP contribution in [0.2, 0.25) is 5.02 Å². The Kier molecular flexibility index (Phi) is 5.04. The van der Waals surface area contributed by atoms with E-state index < -0.39 is 0 Å². The molecule has 5 heteroatoms. The van der Waals surface area contributed by atoms with Gasteiger partial charge in [0.2, 0.25) is 0 Å². The molecular weight excluding hydrogens is 362 g/mol. The van der Waals surface area contributed by atoms with E-state index in [0.29, 0.717) is 0 Å². The number of nitrogens with one attached hydrogen (secondary N) is 1.